The Balaban J connectivity index is 0.00000200. The fourth-order valence-electron chi connectivity index (χ4n) is 2.46. The van der Waals surface area contributed by atoms with Gasteiger partial charge in [0.2, 0.25) is 0 Å². The largest absolute Gasteiger partial charge is 1.00 e. The standard InChI is InChI=1S/C14H18F3N2.HI/c1-3-5-10-19-12-9-7-6-8-11(12)18(4-2)13(19)14(15,16)17;/h6-9H,3-5,10H2,1-2H3;1H/q+1;/p-1. The topological polar surface area (TPSA) is 8.81 Å². The maximum Gasteiger partial charge on any atom is 0.495 e. The Morgan fingerprint density at radius 3 is 2.35 bits per heavy atom. The van der Waals surface area contributed by atoms with Crippen LogP contribution < -0.4 is 28.5 Å². The Kier molecular flexibility index (Phi) is 5.85. The number of fused-ring (bicyclic) bond motifs is 1. The van der Waals surface area contributed by atoms with Crippen molar-refractivity contribution in [2.45, 2.75) is 46.0 Å². The number of para-hydroxylation sites is 2. The zero-order valence-corrected chi connectivity index (χ0v) is 13.7. The third-order valence-electron chi connectivity index (χ3n) is 3.28. The molecule has 0 amide bonds. The van der Waals surface area contributed by atoms with Crippen LogP contribution in [0.2, 0.25) is 0 Å². The van der Waals surface area contributed by atoms with Crippen LogP contribution in [0.3, 0.4) is 0 Å². The number of nitrogens with zero attached hydrogens (tertiary/aromatic N) is 2. The van der Waals surface area contributed by atoms with Crippen molar-refractivity contribution in [2.24, 2.45) is 0 Å². The summed E-state index contributed by atoms with van der Waals surface area (Å²) in [7, 11) is 0. The number of rotatable bonds is 4. The van der Waals surface area contributed by atoms with Crippen LogP contribution in [0.1, 0.15) is 32.5 Å². The number of aromatic nitrogens is 2. The van der Waals surface area contributed by atoms with Gasteiger partial charge in [-0.3, -0.25) is 0 Å². The van der Waals surface area contributed by atoms with E-state index in [0.717, 1.165) is 12.8 Å². The highest BCUT2D eigenvalue weighted by Crippen LogP contribution is 2.30. The Hall–Kier alpha value is -0.790. The van der Waals surface area contributed by atoms with Gasteiger partial charge in [-0.2, -0.15) is 13.2 Å². The average molecular weight is 398 g/mol. The molecule has 0 aliphatic rings. The van der Waals surface area contributed by atoms with E-state index in [2.05, 4.69) is 0 Å². The van der Waals surface area contributed by atoms with Crippen molar-refractivity contribution in [2.75, 3.05) is 0 Å². The number of hydrogen-bond acceptors (Lipinski definition) is 0. The molecule has 0 saturated heterocycles. The molecule has 1 aromatic heterocycles. The lowest BCUT2D eigenvalue weighted by molar-refractivity contribution is -0.692. The summed E-state index contributed by atoms with van der Waals surface area (Å²) in [6, 6.07) is 7.06. The van der Waals surface area contributed by atoms with Crippen LogP contribution in [0.5, 0.6) is 0 Å². The molecule has 0 radical (unpaired) electrons. The summed E-state index contributed by atoms with van der Waals surface area (Å²) in [5, 5.41) is 0. The van der Waals surface area contributed by atoms with Gasteiger partial charge in [0.05, 0.1) is 13.1 Å². The highest BCUT2D eigenvalue weighted by atomic mass is 127. The van der Waals surface area contributed by atoms with E-state index in [9.17, 15) is 13.2 Å². The molecule has 0 fully saturated rings. The smallest absolute Gasteiger partial charge is 0.495 e. The van der Waals surface area contributed by atoms with E-state index >= 15 is 0 Å². The van der Waals surface area contributed by atoms with Gasteiger partial charge in [-0.1, -0.05) is 25.5 Å². The molecule has 0 bridgehead atoms. The summed E-state index contributed by atoms with van der Waals surface area (Å²) in [4.78, 5) is 0. The summed E-state index contributed by atoms with van der Waals surface area (Å²) < 4.78 is 42.7. The van der Waals surface area contributed by atoms with Crippen LogP contribution in [0, 0.1) is 0 Å². The molecule has 0 aliphatic heterocycles. The summed E-state index contributed by atoms with van der Waals surface area (Å²) in [5.41, 5.74) is 1.30. The fraction of sp³-hybridized carbons (Fsp3) is 0.500. The molecule has 0 spiro atoms. The van der Waals surface area contributed by atoms with E-state index in [1.807, 2.05) is 6.92 Å². The van der Waals surface area contributed by atoms with Crippen LogP contribution in [0.15, 0.2) is 24.3 Å². The zero-order valence-electron chi connectivity index (χ0n) is 11.5. The normalized spacial score (nSPS) is 11.7. The third-order valence-corrected chi connectivity index (χ3v) is 3.28. The second kappa shape index (κ2) is 6.78. The van der Waals surface area contributed by atoms with Crippen molar-refractivity contribution in [1.82, 2.24) is 4.57 Å². The van der Waals surface area contributed by atoms with E-state index < -0.39 is 12.0 Å². The van der Waals surface area contributed by atoms with Crippen molar-refractivity contribution in [1.29, 1.82) is 0 Å². The predicted octanol–water partition coefficient (Wildman–Crippen LogP) is 0.772. The van der Waals surface area contributed by atoms with Crippen molar-refractivity contribution in [3.8, 4) is 0 Å². The molecule has 0 saturated carbocycles. The maximum atomic E-state index is 13.3. The predicted molar refractivity (Wildman–Crippen MR) is 67.7 cm³/mol. The molecule has 0 N–H and O–H groups in total. The van der Waals surface area contributed by atoms with Crippen LogP contribution in [0.25, 0.3) is 11.0 Å². The Morgan fingerprint density at radius 1 is 1.15 bits per heavy atom. The third kappa shape index (κ3) is 3.10. The van der Waals surface area contributed by atoms with Gasteiger partial charge < -0.3 is 24.0 Å². The van der Waals surface area contributed by atoms with Crippen LogP contribution in [-0.2, 0) is 19.3 Å². The van der Waals surface area contributed by atoms with Crippen molar-refractivity contribution < 1.29 is 41.7 Å². The van der Waals surface area contributed by atoms with E-state index in [1.165, 1.54) is 9.13 Å². The minimum absolute atomic E-state index is 0. The van der Waals surface area contributed by atoms with Gasteiger partial charge in [-0.05, 0) is 25.5 Å². The van der Waals surface area contributed by atoms with E-state index in [1.54, 1.807) is 31.2 Å². The monoisotopic (exact) mass is 398 g/mol. The number of imidazole rings is 1. The van der Waals surface area contributed by atoms with Crippen molar-refractivity contribution in [3.05, 3.63) is 30.1 Å². The van der Waals surface area contributed by atoms with Gasteiger partial charge in [0.1, 0.15) is 0 Å². The molecule has 2 rings (SSSR count). The summed E-state index contributed by atoms with van der Waals surface area (Å²) in [6.07, 6.45) is -2.72. The molecule has 112 valence electrons. The number of benzene rings is 1. The summed E-state index contributed by atoms with van der Waals surface area (Å²) >= 11 is 0. The molecule has 0 atom stereocenters. The molecule has 6 heteroatoms. The summed E-state index contributed by atoms with van der Waals surface area (Å²) in [5.74, 6) is -0.551. The van der Waals surface area contributed by atoms with Gasteiger partial charge in [-0.15, -0.1) is 0 Å². The lowest BCUT2D eigenvalue weighted by Gasteiger charge is -2.06. The minimum atomic E-state index is -4.33. The summed E-state index contributed by atoms with van der Waals surface area (Å²) in [6.45, 7) is 4.44. The quantitative estimate of drug-likeness (QED) is 0.532. The van der Waals surface area contributed by atoms with Crippen molar-refractivity contribution in [3.63, 3.8) is 0 Å². The molecule has 1 aromatic carbocycles. The number of hydrogen-bond donors (Lipinski definition) is 0. The maximum absolute atomic E-state index is 13.3. The Labute approximate surface area is 133 Å². The lowest BCUT2D eigenvalue weighted by atomic mass is 10.3. The first kappa shape index (κ1) is 17.3. The van der Waals surface area contributed by atoms with E-state index in [4.69, 9.17) is 0 Å². The van der Waals surface area contributed by atoms with Gasteiger partial charge in [0.25, 0.3) is 0 Å². The first-order chi connectivity index (χ1) is 9.00. The molecule has 2 nitrogen and oxygen atoms in total. The first-order valence-electron chi connectivity index (χ1n) is 6.59. The van der Waals surface area contributed by atoms with E-state index in [0.29, 0.717) is 24.1 Å². The first-order valence-corrected chi connectivity index (χ1v) is 6.59. The number of unbranched alkanes of at least 4 members (excludes halogenated alkanes) is 1. The minimum Gasteiger partial charge on any atom is -1.00 e. The number of alkyl halides is 3. The molecule has 1 heterocycles. The van der Waals surface area contributed by atoms with Crippen LogP contribution >= 0.6 is 0 Å². The fourth-order valence-corrected chi connectivity index (χ4v) is 2.46. The highest BCUT2D eigenvalue weighted by molar-refractivity contribution is 5.72. The molecular formula is C14H18F3IN2. The Morgan fingerprint density at radius 2 is 1.80 bits per heavy atom. The molecule has 20 heavy (non-hydrogen) atoms. The van der Waals surface area contributed by atoms with Crippen LogP contribution in [-0.4, -0.2) is 4.57 Å². The van der Waals surface area contributed by atoms with Crippen LogP contribution in [0.4, 0.5) is 13.2 Å². The second-order valence-electron chi connectivity index (χ2n) is 4.56. The van der Waals surface area contributed by atoms with Crippen molar-refractivity contribution >= 4 is 11.0 Å². The molecule has 0 unspecified atom stereocenters. The average Bonchev–Trinajstić information content (AvgIpc) is 2.70. The zero-order chi connectivity index (χ0) is 14.0. The van der Waals surface area contributed by atoms with E-state index in [-0.39, 0.29) is 24.0 Å². The molecule has 0 aliphatic carbocycles. The van der Waals surface area contributed by atoms with Gasteiger partial charge >= 0.3 is 12.0 Å². The Bertz CT molecular complexity index is 576. The highest BCUT2D eigenvalue weighted by Gasteiger charge is 2.46. The SMILES string of the molecule is CCCC[n+]1c(C(F)(F)F)n(CC)c2ccccc21.[I-]. The van der Waals surface area contributed by atoms with Gasteiger partial charge in [0, 0.05) is 0 Å². The second-order valence-corrected chi connectivity index (χ2v) is 4.56. The number of halogens is 4. The number of aryl methyl sites for hydroxylation is 2. The van der Waals surface area contributed by atoms with Gasteiger partial charge in [0.15, 0.2) is 11.0 Å². The lowest BCUT2D eigenvalue weighted by Crippen LogP contribution is -3.00. The molecular weight excluding hydrogens is 380 g/mol. The van der Waals surface area contributed by atoms with Gasteiger partial charge in [-0.25, -0.2) is 9.13 Å². The molecule has 2 aromatic rings.